The first-order valence-electron chi connectivity index (χ1n) is 15.8. The van der Waals surface area contributed by atoms with Crippen LogP contribution in [0.4, 0.5) is 0 Å². The molecule has 0 unspecified atom stereocenters. The molecule has 0 N–H and O–H groups in total. The lowest BCUT2D eigenvalue weighted by molar-refractivity contribution is -0.147. The Hall–Kier alpha value is -6.48. The van der Waals surface area contributed by atoms with Gasteiger partial charge >= 0.3 is 11.9 Å². The predicted molar refractivity (Wildman–Crippen MR) is 183 cm³/mol. The summed E-state index contributed by atoms with van der Waals surface area (Å²) in [6.45, 7) is 3.01. The van der Waals surface area contributed by atoms with Crippen molar-refractivity contribution in [2.75, 3.05) is 6.54 Å². The lowest BCUT2D eigenvalue weighted by Crippen LogP contribution is -2.36. The minimum Gasteiger partial charge on any atom is -0.448 e. The summed E-state index contributed by atoms with van der Waals surface area (Å²) in [5, 5.41) is 0. The molecule has 9 heteroatoms. The lowest BCUT2D eigenvalue weighted by Gasteiger charge is -2.19. The molecule has 2 amide bonds. The number of benzene rings is 5. The fourth-order valence-electron chi connectivity index (χ4n) is 5.57. The summed E-state index contributed by atoms with van der Waals surface area (Å²) in [6, 6.07) is 34.5. The Morgan fingerprint density at radius 1 is 0.540 bits per heavy atom. The van der Waals surface area contributed by atoms with E-state index < -0.39 is 54.1 Å². The molecule has 0 bridgehead atoms. The molecule has 9 nitrogen and oxygen atoms in total. The smallest absolute Gasteiger partial charge is 0.339 e. The zero-order chi connectivity index (χ0) is 35.4. The van der Waals surface area contributed by atoms with Gasteiger partial charge in [0, 0.05) is 22.3 Å². The highest BCUT2D eigenvalue weighted by molar-refractivity contribution is 6.23. The van der Waals surface area contributed by atoms with Gasteiger partial charge in [-0.15, -0.1) is 0 Å². The molecular weight excluding hydrogens is 634 g/mol. The number of Topliss-reactive ketones (excluding diaryl/α,β-unsaturated/α-hetero) is 2. The van der Waals surface area contributed by atoms with Gasteiger partial charge < -0.3 is 9.47 Å². The summed E-state index contributed by atoms with van der Waals surface area (Å²) in [4.78, 5) is 81.0. The van der Waals surface area contributed by atoms with E-state index in [0.29, 0.717) is 27.2 Å². The van der Waals surface area contributed by atoms with Gasteiger partial charge in [0.15, 0.2) is 12.2 Å². The molecule has 0 radical (unpaired) electrons. The van der Waals surface area contributed by atoms with Crippen molar-refractivity contribution in [3.63, 3.8) is 0 Å². The first kappa shape index (κ1) is 33.4. The third kappa shape index (κ3) is 7.02. The molecule has 1 heterocycles. The molecule has 0 aliphatic carbocycles. The molecule has 0 saturated heterocycles. The molecule has 2 atom stereocenters. The number of amides is 2. The summed E-state index contributed by atoms with van der Waals surface area (Å²) >= 11 is 0. The Balaban J connectivity index is 1.19. The first-order valence-corrected chi connectivity index (χ1v) is 15.8. The van der Waals surface area contributed by atoms with Crippen LogP contribution in [-0.2, 0) is 14.3 Å². The minimum absolute atomic E-state index is 0.0231. The fraction of sp³-hybridized carbons (Fsp3) is 0.122. The van der Waals surface area contributed by atoms with Gasteiger partial charge in [0.1, 0.15) is 6.54 Å². The molecule has 0 spiro atoms. The molecule has 0 aromatic heterocycles. The monoisotopic (exact) mass is 665 g/mol. The summed E-state index contributed by atoms with van der Waals surface area (Å²) in [6.07, 6.45) is -2.59. The molecule has 50 heavy (non-hydrogen) atoms. The fourth-order valence-corrected chi connectivity index (χ4v) is 5.57. The van der Waals surface area contributed by atoms with E-state index in [1.807, 2.05) is 13.8 Å². The van der Waals surface area contributed by atoms with Gasteiger partial charge in [-0.3, -0.25) is 28.9 Å². The molecular formula is C41H31NO8. The van der Waals surface area contributed by atoms with E-state index >= 15 is 0 Å². The average Bonchev–Trinajstić information content (AvgIpc) is 3.37. The number of nitrogens with zero attached hydrogens (tertiary/aromatic N) is 1. The van der Waals surface area contributed by atoms with E-state index in [0.717, 1.165) is 11.1 Å². The Kier molecular flexibility index (Phi) is 9.58. The highest BCUT2D eigenvalue weighted by atomic mass is 16.6. The second kappa shape index (κ2) is 14.3. The van der Waals surface area contributed by atoms with Gasteiger partial charge in [-0.05, 0) is 32.0 Å². The maximum absolute atomic E-state index is 13.5. The van der Waals surface area contributed by atoms with Crippen molar-refractivity contribution < 1.29 is 38.2 Å². The van der Waals surface area contributed by atoms with Crippen LogP contribution in [-0.4, -0.2) is 46.8 Å². The van der Waals surface area contributed by atoms with Crippen molar-refractivity contribution in [2.24, 2.45) is 0 Å². The van der Waals surface area contributed by atoms with Crippen LogP contribution in [0.15, 0.2) is 127 Å². The van der Waals surface area contributed by atoms with Crippen molar-refractivity contribution in [3.05, 3.63) is 177 Å². The molecule has 6 rings (SSSR count). The number of hydrogen-bond acceptors (Lipinski definition) is 8. The van der Waals surface area contributed by atoms with Crippen molar-refractivity contribution in [3.8, 4) is 0 Å². The van der Waals surface area contributed by atoms with Gasteiger partial charge in [-0.1, -0.05) is 120 Å². The second-order valence-electron chi connectivity index (χ2n) is 11.9. The van der Waals surface area contributed by atoms with Gasteiger partial charge in [0.05, 0.1) is 16.7 Å². The minimum atomic E-state index is -1.32. The molecule has 1 aliphatic rings. The van der Waals surface area contributed by atoms with Gasteiger partial charge in [-0.2, -0.15) is 0 Å². The molecule has 5 aromatic rings. The van der Waals surface area contributed by atoms with E-state index in [2.05, 4.69) is 0 Å². The number of imide groups is 1. The third-order valence-electron chi connectivity index (χ3n) is 8.32. The van der Waals surface area contributed by atoms with Crippen LogP contribution in [0.2, 0.25) is 0 Å². The average molecular weight is 666 g/mol. The number of carbonyl (C=O) groups excluding carboxylic acids is 6. The van der Waals surface area contributed by atoms with Crippen LogP contribution in [0, 0.1) is 13.8 Å². The van der Waals surface area contributed by atoms with Crippen LogP contribution in [0.25, 0.3) is 0 Å². The summed E-state index contributed by atoms with van der Waals surface area (Å²) in [7, 11) is 0. The van der Waals surface area contributed by atoms with Crippen molar-refractivity contribution in [2.45, 2.75) is 26.1 Å². The number of rotatable bonds is 11. The number of fused-ring (bicyclic) bond motifs is 1. The molecule has 248 valence electrons. The van der Waals surface area contributed by atoms with Crippen LogP contribution in [0.5, 0.6) is 0 Å². The number of hydrogen-bond donors (Lipinski definition) is 0. The van der Waals surface area contributed by atoms with Crippen molar-refractivity contribution >= 4 is 35.3 Å². The van der Waals surface area contributed by atoms with Crippen molar-refractivity contribution in [1.82, 2.24) is 4.90 Å². The van der Waals surface area contributed by atoms with E-state index in [9.17, 15) is 28.8 Å². The van der Waals surface area contributed by atoms with Gasteiger partial charge in [0.2, 0.25) is 11.6 Å². The first-order chi connectivity index (χ1) is 24.1. The maximum Gasteiger partial charge on any atom is 0.339 e. The number of ketones is 2. The number of esters is 2. The summed E-state index contributed by atoms with van der Waals surface area (Å²) in [5.74, 6) is -4.36. The third-order valence-corrected chi connectivity index (χ3v) is 8.32. The zero-order valence-electron chi connectivity index (χ0n) is 27.2. The topological polar surface area (TPSA) is 124 Å². The highest BCUT2D eigenvalue weighted by Crippen LogP contribution is 2.29. The highest BCUT2D eigenvalue weighted by Gasteiger charge is 2.39. The van der Waals surface area contributed by atoms with Crippen LogP contribution < -0.4 is 0 Å². The second-order valence-corrected chi connectivity index (χ2v) is 11.9. The Morgan fingerprint density at radius 3 is 1.48 bits per heavy atom. The lowest BCUT2D eigenvalue weighted by atomic mass is 9.99. The predicted octanol–water partition coefficient (Wildman–Crippen LogP) is 6.85. The van der Waals surface area contributed by atoms with Crippen molar-refractivity contribution in [1.29, 1.82) is 0 Å². The Labute approximate surface area is 288 Å². The molecule has 5 aromatic carbocycles. The maximum atomic E-state index is 13.5. The van der Waals surface area contributed by atoms with E-state index in [1.165, 1.54) is 18.2 Å². The van der Waals surface area contributed by atoms with E-state index in [4.69, 9.17) is 9.47 Å². The van der Waals surface area contributed by atoms with Gasteiger partial charge in [-0.25, -0.2) is 4.79 Å². The molecule has 1 aliphatic heterocycles. The normalized spacial score (nSPS) is 13.3. The quantitative estimate of drug-likeness (QED) is 0.0853. The standard InChI is InChI=1S/C41H31NO8/c1-25-13-17-27(18-14-25)35(44)37(29-9-5-3-6-10-29)49-34(43)24-42-39(46)32-22-21-31(23-33(32)40(42)47)41(48)50-38(30-11-7-4-8-12-30)36(45)28-19-15-26(2)16-20-28/h3-23,37-38H,24H2,1-2H3/t37-,38-/m1/s1. The van der Waals surface area contributed by atoms with E-state index in [1.54, 1.807) is 109 Å². The van der Waals surface area contributed by atoms with Crippen LogP contribution in [0.1, 0.15) is 86.3 Å². The molecule has 0 saturated carbocycles. The zero-order valence-corrected chi connectivity index (χ0v) is 27.2. The summed E-state index contributed by atoms with van der Waals surface area (Å²) < 4.78 is 11.3. The SMILES string of the molecule is Cc1ccc(C(=O)[C@H](OC(=O)CN2C(=O)c3ccc(C(=O)O[C@@H](C(=O)c4ccc(C)cc4)c4ccccc4)cc3C2=O)c2ccccc2)cc1. The largest absolute Gasteiger partial charge is 0.448 e. The van der Waals surface area contributed by atoms with E-state index in [-0.39, 0.29) is 16.7 Å². The van der Waals surface area contributed by atoms with Crippen LogP contribution in [0.3, 0.4) is 0 Å². The Bertz CT molecular complexity index is 2110. The number of carbonyl (C=O) groups is 6. The number of ether oxygens (including phenoxy) is 2. The number of aryl methyl sites for hydroxylation is 2. The van der Waals surface area contributed by atoms with Crippen LogP contribution >= 0.6 is 0 Å². The molecule has 0 fully saturated rings. The summed E-state index contributed by atoms with van der Waals surface area (Å²) in [5.41, 5.74) is 3.25. The Morgan fingerprint density at radius 2 is 0.980 bits per heavy atom. The van der Waals surface area contributed by atoms with Gasteiger partial charge in [0.25, 0.3) is 11.8 Å².